The summed E-state index contributed by atoms with van der Waals surface area (Å²) in [6.45, 7) is 6.64. The molecule has 0 unspecified atom stereocenters. The van der Waals surface area contributed by atoms with Crippen LogP contribution in [0.1, 0.15) is 49.9 Å². The number of thioether (sulfide) groups is 1. The summed E-state index contributed by atoms with van der Waals surface area (Å²) in [5.74, 6) is 2.37. The lowest BCUT2D eigenvalue weighted by molar-refractivity contribution is 0.700. The van der Waals surface area contributed by atoms with Crippen LogP contribution in [0.25, 0.3) is 10.2 Å². The number of anilines is 1. The molecule has 0 aliphatic heterocycles. The summed E-state index contributed by atoms with van der Waals surface area (Å²) in [5.41, 5.74) is 7.63. The van der Waals surface area contributed by atoms with E-state index in [4.69, 9.17) is 10.7 Å². The summed E-state index contributed by atoms with van der Waals surface area (Å²) in [4.78, 5) is 11.9. The molecule has 5 heteroatoms. The Hall–Kier alpha value is -0.810. The van der Waals surface area contributed by atoms with Crippen molar-refractivity contribution in [2.24, 2.45) is 0 Å². The van der Waals surface area contributed by atoms with Gasteiger partial charge in [0.1, 0.15) is 16.5 Å². The van der Waals surface area contributed by atoms with Crippen molar-refractivity contribution in [1.29, 1.82) is 0 Å². The van der Waals surface area contributed by atoms with Gasteiger partial charge in [0.05, 0.1) is 11.1 Å². The van der Waals surface area contributed by atoms with Crippen molar-refractivity contribution in [2.75, 3.05) is 5.73 Å². The van der Waals surface area contributed by atoms with Gasteiger partial charge in [0.2, 0.25) is 0 Å². The van der Waals surface area contributed by atoms with Gasteiger partial charge in [-0.25, -0.2) is 9.97 Å². The molecule has 3 rings (SSSR count). The van der Waals surface area contributed by atoms with Crippen molar-refractivity contribution >= 4 is 39.1 Å². The van der Waals surface area contributed by atoms with Crippen LogP contribution in [0.5, 0.6) is 0 Å². The summed E-state index contributed by atoms with van der Waals surface area (Å²) in [7, 11) is 0. The highest BCUT2D eigenvalue weighted by molar-refractivity contribution is 7.99. The smallest absolute Gasteiger partial charge is 0.142 e. The zero-order valence-electron chi connectivity index (χ0n) is 12.3. The summed E-state index contributed by atoms with van der Waals surface area (Å²) >= 11 is 3.68. The SMILES string of the molecule is CC(C)(C)SCc1nc(N)c2c3c(sc2n1)CCCC3. The molecule has 2 aromatic heterocycles. The van der Waals surface area contributed by atoms with Crippen LogP contribution in [0.4, 0.5) is 5.82 Å². The van der Waals surface area contributed by atoms with E-state index >= 15 is 0 Å². The van der Waals surface area contributed by atoms with Gasteiger partial charge in [0.25, 0.3) is 0 Å². The normalized spacial score (nSPS) is 15.6. The summed E-state index contributed by atoms with van der Waals surface area (Å²) < 4.78 is 0.224. The summed E-state index contributed by atoms with van der Waals surface area (Å²) in [5, 5.41) is 1.13. The highest BCUT2D eigenvalue weighted by Crippen LogP contribution is 2.38. The minimum Gasteiger partial charge on any atom is -0.383 e. The van der Waals surface area contributed by atoms with Crippen LogP contribution in [0.15, 0.2) is 0 Å². The van der Waals surface area contributed by atoms with Crippen molar-refractivity contribution in [3.8, 4) is 0 Å². The Bertz CT molecular complexity index is 641. The Morgan fingerprint density at radius 1 is 1.20 bits per heavy atom. The van der Waals surface area contributed by atoms with Crippen LogP contribution in [-0.2, 0) is 18.6 Å². The molecule has 2 heterocycles. The molecule has 1 aliphatic rings. The number of hydrogen-bond donors (Lipinski definition) is 1. The first-order valence-corrected chi connectivity index (χ1v) is 8.95. The second-order valence-electron chi connectivity index (χ2n) is 6.32. The van der Waals surface area contributed by atoms with E-state index in [0.717, 1.165) is 28.2 Å². The molecule has 3 nitrogen and oxygen atoms in total. The Morgan fingerprint density at radius 2 is 1.95 bits per heavy atom. The van der Waals surface area contributed by atoms with Crippen LogP contribution in [-0.4, -0.2) is 14.7 Å². The highest BCUT2D eigenvalue weighted by atomic mass is 32.2. The minimum absolute atomic E-state index is 0.224. The number of rotatable bonds is 2. The lowest BCUT2D eigenvalue weighted by atomic mass is 9.97. The maximum absolute atomic E-state index is 6.21. The third kappa shape index (κ3) is 2.79. The quantitative estimate of drug-likeness (QED) is 0.904. The van der Waals surface area contributed by atoms with E-state index in [1.165, 1.54) is 29.7 Å². The monoisotopic (exact) mass is 307 g/mol. The average Bonchev–Trinajstić information content (AvgIpc) is 2.74. The Labute approximate surface area is 128 Å². The molecule has 0 fully saturated rings. The van der Waals surface area contributed by atoms with E-state index in [1.54, 1.807) is 0 Å². The zero-order valence-corrected chi connectivity index (χ0v) is 14.0. The van der Waals surface area contributed by atoms with Crippen molar-refractivity contribution in [2.45, 2.75) is 57.0 Å². The van der Waals surface area contributed by atoms with Gasteiger partial charge in [-0.15, -0.1) is 23.1 Å². The van der Waals surface area contributed by atoms with Crippen LogP contribution >= 0.6 is 23.1 Å². The number of aryl methyl sites for hydroxylation is 2. The molecule has 2 N–H and O–H groups in total. The van der Waals surface area contributed by atoms with Gasteiger partial charge in [0.15, 0.2) is 0 Å². The van der Waals surface area contributed by atoms with E-state index < -0.39 is 0 Å². The van der Waals surface area contributed by atoms with Gasteiger partial charge in [-0.3, -0.25) is 0 Å². The molecule has 0 amide bonds. The van der Waals surface area contributed by atoms with E-state index in [0.29, 0.717) is 5.82 Å². The number of nitrogens with two attached hydrogens (primary N) is 1. The maximum atomic E-state index is 6.21. The van der Waals surface area contributed by atoms with Gasteiger partial charge in [0, 0.05) is 9.62 Å². The van der Waals surface area contributed by atoms with Crippen molar-refractivity contribution in [3.05, 3.63) is 16.3 Å². The zero-order chi connectivity index (χ0) is 14.3. The lowest BCUT2D eigenvalue weighted by Gasteiger charge is -2.16. The highest BCUT2D eigenvalue weighted by Gasteiger charge is 2.20. The van der Waals surface area contributed by atoms with Crippen molar-refractivity contribution < 1.29 is 0 Å². The molecule has 108 valence electrons. The van der Waals surface area contributed by atoms with Gasteiger partial charge in [-0.05, 0) is 31.2 Å². The number of nitrogen functional groups attached to an aromatic ring is 1. The molecule has 0 saturated carbocycles. The number of nitrogens with zero attached hydrogens (tertiary/aromatic N) is 2. The van der Waals surface area contributed by atoms with Gasteiger partial charge < -0.3 is 5.73 Å². The fraction of sp³-hybridized carbons (Fsp3) is 0.600. The molecular formula is C15H21N3S2. The molecule has 0 atom stereocenters. The maximum Gasteiger partial charge on any atom is 0.142 e. The number of hydrogen-bond acceptors (Lipinski definition) is 5. The molecule has 0 spiro atoms. The molecule has 0 aromatic carbocycles. The van der Waals surface area contributed by atoms with E-state index in [9.17, 15) is 0 Å². The Balaban J connectivity index is 1.98. The average molecular weight is 307 g/mol. The lowest BCUT2D eigenvalue weighted by Crippen LogP contribution is -2.09. The van der Waals surface area contributed by atoms with Gasteiger partial charge in [-0.2, -0.15) is 0 Å². The summed E-state index contributed by atoms with van der Waals surface area (Å²) in [6, 6.07) is 0. The first-order chi connectivity index (χ1) is 9.44. The Kier molecular flexibility index (Phi) is 3.67. The predicted molar refractivity (Wildman–Crippen MR) is 89.5 cm³/mol. The molecular weight excluding hydrogens is 286 g/mol. The molecule has 1 aliphatic carbocycles. The van der Waals surface area contributed by atoms with Crippen LogP contribution in [0.2, 0.25) is 0 Å². The first-order valence-electron chi connectivity index (χ1n) is 7.14. The first kappa shape index (κ1) is 14.1. The number of thiophene rings is 1. The molecule has 0 radical (unpaired) electrons. The molecule has 20 heavy (non-hydrogen) atoms. The standard InChI is InChI=1S/C15H21N3S2/c1-15(2,3)19-8-11-17-13(16)12-9-6-4-5-7-10(9)20-14(12)18-11/h4-8H2,1-3H3,(H2,16,17,18). The molecule has 2 aromatic rings. The van der Waals surface area contributed by atoms with E-state index in [-0.39, 0.29) is 4.75 Å². The summed E-state index contributed by atoms with van der Waals surface area (Å²) in [6.07, 6.45) is 4.88. The van der Waals surface area contributed by atoms with E-state index in [1.807, 2.05) is 23.1 Å². The van der Waals surface area contributed by atoms with Gasteiger partial charge >= 0.3 is 0 Å². The Morgan fingerprint density at radius 3 is 2.70 bits per heavy atom. The second-order valence-corrected chi connectivity index (χ2v) is 9.20. The third-order valence-electron chi connectivity index (χ3n) is 3.52. The van der Waals surface area contributed by atoms with Crippen molar-refractivity contribution in [3.63, 3.8) is 0 Å². The topological polar surface area (TPSA) is 51.8 Å². The fourth-order valence-corrected chi connectivity index (χ4v) is 4.56. The largest absolute Gasteiger partial charge is 0.383 e. The van der Waals surface area contributed by atoms with Crippen LogP contribution in [0, 0.1) is 0 Å². The van der Waals surface area contributed by atoms with Gasteiger partial charge in [-0.1, -0.05) is 20.8 Å². The number of fused-ring (bicyclic) bond motifs is 3. The van der Waals surface area contributed by atoms with Crippen LogP contribution in [0.3, 0.4) is 0 Å². The minimum atomic E-state index is 0.224. The molecule has 0 bridgehead atoms. The molecule has 0 saturated heterocycles. The fourth-order valence-electron chi connectivity index (χ4n) is 2.58. The number of aromatic nitrogens is 2. The van der Waals surface area contributed by atoms with E-state index in [2.05, 4.69) is 25.8 Å². The van der Waals surface area contributed by atoms with Crippen molar-refractivity contribution in [1.82, 2.24) is 9.97 Å². The second kappa shape index (κ2) is 5.19. The third-order valence-corrected chi connectivity index (χ3v) is 5.98. The van der Waals surface area contributed by atoms with Crippen LogP contribution < -0.4 is 5.73 Å². The predicted octanol–water partition coefficient (Wildman–Crippen LogP) is 4.18.